The van der Waals surface area contributed by atoms with Gasteiger partial charge in [0.15, 0.2) is 0 Å². The molecule has 2 aromatic carbocycles. The van der Waals surface area contributed by atoms with Crippen LogP contribution in [0.2, 0.25) is 0 Å². The van der Waals surface area contributed by atoms with Crippen LogP contribution in [0.4, 0.5) is 0 Å². The van der Waals surface area contributed by atoms with Gasteiger partial charge in [0.25, 0.3) is 0 Å². The Morgan fingerprint density at radius 3 is 2.21 bits per heavy atom. The summed E-state index contributed by atoms with van der Waals surface area (Å²) in [7, 11) is 0. The van der Waals surface area contributed by atoms with Crippen molar-refractivity contribution in [2.45, 2.75) is 0 Å². The van der Waals surface area contributed by atoms with Crippen molar-refractivity contribution in [3.8, 4) is 16.9 Å². The molecule has 4 heteroatoms. The zero-order valence-electron chi connectivity index (χ0n) is 9.92. The van der Waals surface area contributed by atoms with E-state index in [0.29, 0.717) is 0 Å². The third-order valence-electron chi connectivity index (χ3n) is 2.85. The Morgan fingerprint density at radius 1 is 0.789 bits per heavy atom. The van der Waals surface area contributed by atoms with Gasteiger partial charge >= 0.3 is 0 Å². The van der Waals surface area contributed by atoms with Gasteiger partial charge < -0.3 is 0 Å². The third kappa shape index (κ3) is 2.38. The van der Waals surface area contributed by atoms with Crippen LogP contribution in [-0.2, 0) is 0 Å². The second kappa shape index (κ2) is 5.31. The van der Waals surface area contributed by atoms with Gasteiger partial charge in [-0.2, -0.15) is 5.10 Å². The Labute approximate surface area is 128 Å². The Balaban J connectivity index is 2.23. The van der Waals surface area contributed by atoms with Gasteiger partial charge in [-0.15, -0.1) is 0 Å². The van der Waals surface area contributed by atoms with E-state index >= 15 is 0 Å². The summed E-state index contributed by atoms with van der Waals surface area (Å²) in [5.41, 5.74) is 3.19. The smallest absolute Gasteiger partial charge is 0.0894 e. The molecule has 2 nitrogen and oxygen atoms in total. The summed E-state index contributed by atoms with van der Waals surface area (Å²) in [5.74, 6) is 0. The standard InChI is InChI=1S/C15H10Br2N2/c16-13-9-5-4-8-12(13)15-14(17)10-18-19(15)11-6-2-1-3-7-11/h1-10H. The number of benzene rings is 2. The molecule has 3 aromatic rings. The van der Waals surface area contributed by atoms with Crippen LogP contribution >= 0.6 is 31.9 Å². The van der Waals surface area contributed by atoms with E-state index in [1.165, 1.54) is 0 Å². The number of halogens is 2. The Kier molecular flexibility index (Phi) is 3.53. The maximum absolute atomic E-state index is 4.45. The van der Waals surface area contributed by atoms with Crippen molar-refractivity contribution in [2.75, 3.05) is 0 Å². The molecule has 0 unspecified atom stereocenters. The summed E-state index contributed by atoms with van der Waals surface area (Å²) in [6.07, 6.45) is 1.82. The van der Waals surface area contributed by atoms with Gasteiger partial charge in [0.05, 0.1) is 22.1 Å². The fourth-order valence-electron chi connectivity index (χ4n) is 1.99. The number of aromatic nitrogens is 2. The molecule has 0 aliphatic heterocycles. The topological polar surface area (TPSA) is 17.8 Å². The van der Waals surface area contributed by atoms with E-state index in [1.54, 1.807) is 0 Å². The molecule has 0 saturated heterocycles. The lowest BCUT2D eigenvalue weighted by atomic mass is 10.1. The third-order valence-corrected chi connectivity index (χ3v) is 4.13. The predicted molar refractivity (Wildman–Crippen MR) is 84.4 cm³/mol. The zero-order chi connectivity index (χ0) is 13.2. The highest BCUT2D eigenvalue weighted by Crippen LogP contribution is 2.34. The molecule has 0 aliphatic carbocycles. The largest absolute Gasteiger partial charge is 0.232 e. The van der Waals surface area contributed by atoms with Crippen molar-refractivity contribution in [3.63, 3.8) is 0 Å². The van der Waals surface area contributed by atoms with Crippen molar-refractivity contribution in [1.82, 2.24) is 9.78 Å². The van der Waals surface area contributed by atoms with Crippen LogP contribution in [0.3, 0.4) is 0 Å². The van der Waals surface area contributed by atoms with Crippen LogP contribution in [0.25, 0.3) is 16.9 Å². The quantitative estimate of drug-likeness (QED) is 0.610. The van der Waals surface area contributed by atoms with E-state index < -0.39 is 0 Å². The van der Waals surface area contributed by atoms with E-state index in [9.17, 15) is 0 Å². The molecule has 1 aromatic heterocycles. The van der Waals surface area contributed by atoms with Crippen molar-refractivity contribution >= 4 is 31.9 Å². The highest BCUT2D eigenvalue weighted by Gasteiger charge is 2.14. The van der Waals surface area contributed by atoms with Gasteiger partial charge in [-0.25, -0.2) is 4.68 Å². The number of nitrogens with zero attached hydrogens (tertiary/aromatic N) is 2. The zero-order valence-corrected chi connectivity index (χ0v) is 13.1. The molecule has 0 spiro atoms. The summed E-state index contributed by atoms with van der Waals surface area (Å²) in [5, 5.41) is 4.45. The average molecular weight is 378 g/mol. The van der Waals surface area contributed by atoms with Gasteiger partial charge in [0.2, 0.25) is 0 Å². The maximum Gasteiger partial charge on any atom is 0.0894 e. The van der Waals surface area contributed by atoms with Crippen LogP contribution in [0.1, 0.15) is 0 Å². The maximum atomic E-state index is 4.45. The fraction of sp³-hybridized carbons (Fsp3) is 0. The molecule has 0 fully saturated rings. The molecule has 0 amide bonds. The summed E-state index contributed by atoms with van der Waals surface area (Å²) < 4.78 is 3.96. The minimum Gasteiger partial charge on any atom is -0.232 e. The second-order valence-corrected chi connectivity index (χ2v) is 5.78. The van der Waals surface area contributed by atoms with E-state index in [0.717, 1.165) is 25.9 Å². The highest BCUT2D eigenvalue weighted by atomic mass is 79.9. The van der Waals surface area contributed by atoms with Gasteiger partial charge in [-0.3, -0.25) is 0 Å². The summed E-state index contributed by atoms with van der Waals surface area (Å²) >= 11 is 7.18. The molecule has 0 saturated carbocycles. The molecule has 19 heavy (non-hydrogen) atoms. The lowest BCUT2D eigenvalue weighted by molar-refractivity contribution is 0.887. The van der Waals surface area contributed by atoms with Crippen LogP contribution in [0.5, 0.6) is 0 Å². The van der Waals surface area contributed by atoms with Crippen LogP contribution in [0.15, 0.2) is 69.7 Å². The molecule has 0 bridgehead atoms. The molecular weight excluding hydrogens is 368 g/mol. The summed E-state index contributed by atoms with van der Waals surface area (Å²) in [6, 6.07) is 18.2. The molecule has 0 radical (unpaired) electrons. The Hall–Kier alpha value is -1.39. The summed E-state index contributed by atoms with van der Waals surface area (Å²) in [4.78, 5) is 0. The lowest BCUT2D eigenvalue weighted by Crippen LogP contribution is -1.99. The SMILES string of the molecule is Brc1ccccc1-c1c(Br)cnn1-c1ccccc1. The number of hydrogen-bond donors (Lipinski definition) is 0. The normalized spacial score (nSPS) is 10.6. The van der Waals surface area contributed by atoms with Crippen molar-refractivity contribution in [2.24, 2.45) is 0 Å². The molecule has 0 aliphatic rings. The Morgan fingerprint density at radius 2 is 1.47 bits per heavy atom. The molecular formula is C15H10Br2N2. The van der Waals surface area contributed by atoms with Gasteiger partial charge in [-0.1, -0.05) is 52.3 Å². The number of rotatable bonds is 2. The molecule has 0 atom stereocenters. The van der Waals surface area contributed by atoms with Crippen LogP contribution < -0.4 is 0 Å². The van der Waals surface area contributed by atoms with E-state index in [-0.39, 0.29) is 0 Å². The van der Waals surface area contributed by atoms with Gasteiger partial charge in [0, 0.05) is 10.0 Å². The lowest BCUT2D eigenvalue weighted by Gasteiger charge is -2.09. The average Bonchev–Trinajstić information content (AvgIpc) is 2.82. The van der Waals surface area contributed by atoms with Crippen molar-refractivity contribution < 1.29 is 0 Å². The van der Waals surface area contributed by atoms with E-state index in [4.69, 9.17) is 0 Å². The van der Waals surface area contributed by atoms with E-state index in [2.05, 4.69) is 43.0 Å². The fourth-order valence-corrected chi connectivity index (χ4v) is 2.94. The monoisotopic (exact) mass is 376 g/mol. The van der Waals surface area contributed by atoms with Crippen molar-refractivity contribution in [1.29, 1.82) is 0 Å². The van der Waals surface area contributed by atoms with Gasteiger partial charge in [-0.05, 0) is 34.1 Å². The van der Waals surface area contributed by atoms with Gasteiger partial charge in [0.1, 0.15) is 0 Å². The first-order valence-corrected chi connectivity index (χ1v) is 7.40. The number of para-hydroxylation sites is 1. The molecule has 94 valence electrons. The highest BCUT2D eigenvalue weighted by molar-refractivity contribution is 9.11. The molecule has 1 heterocycles. The first-order chi connectivity index (χ1) is 9.27. The molecule has 3 rings (SSSR count). The first kappa shape index (κ1) is 12.6. The predicted octanol–water partition coefficient (Wildman–Crippen LogP) is 5.06. The number of hydrogen-bond acceptors (Lipinski definition) is 1. The molecule has 0 N–H and O–H groups in total. The Bertz CT molecular complexity index is 705. The van der Waals surface area contributed by atoms with Crippen LogP contribution in [0, 0.1) is 0 Å². The summed E-state index contributed by atoms with van der Waals surface area (Å²) in [6.45, 7) is 0. The van der Waals surface area contributed by atoms with Crippen LogP contribution in [-0.4, -0.2) is 9.78 Å². The van der Waals surface area contributed by atoms with E-state index in [1.807, 2.05) is 59.4 Å². The minimum absolute atomic E-state index is 0.975. The second-order valence-electron chi connectivity index (χ2n) is 4.07. The first-order valence-electron chi connectivity index (χ1n) is 5.81. The minimum atomic E-state index is 0.975. The van der Waals surface area contributed by atoms with Crippen molar-refractivity contribution in [3.05, 3.63) is 69.7 Å².